The van der Waals surface area contributed by atoms with E-state index in [0.29, 0.717) is 25.6 Å². The van der Waals surface area contributed by atoms with Crippen molar-refractivity contribution in [3.63, 3.8) is 0 Å². The van der Waals surface area contributed by atoms with Crippen LogP contribution in [-0.4, -0.2) is 72.1 Å². The second-order valence-corrected chi connectivity index (χ2v) is 10.5. The van der Waals surface area contributed by atoms with E-state index in [-0.39, 0.29) is 40.9 Å². The fraction of sp³-hybridized carbons (Fsp3) is 0.556. The Morgan fingerprint density at radius 3 is 2.46 bits per heavy atom. The molecule has 2 fully saturated rings. The number of amides is 2. The Morgan fingerprint density at radius 2 is 1.80 bits per heavy atom. The van der Waals surface area contributed by atoms with Gasteiger partial charge in [0.25, 0.3) is 5.91 Å². The lowest BCUT2D eigenvalue weighted by Gasteiger charge is -2.33. The lowest BCUT2D eigenvalue weighted by molar-refractivity contribution is -0.137. The average molecular weight is 582 g/mol. The number of carbonyl (C=O) groups is 2. The highest BCUT2D eigenvalue weighted by Gasteiger charge is 2.37. The monoisotopic (exact) mass is 581 g/mol. The molecule has 41 heavy (non-hydrogen) atoms. The van der Waals surface area contributed by atoms with E-state index in [0.717, 1.165) is 38.3 Å². The predicted molar refractivity (Wildman–Crippen MR) is 145 cm³/mol. The molecule has 0 radical (unpaired) electrons. The molecule has 2 heterocycles. The molecule has 4 N–H and O–H groups in total. The van der Waals surface area contributed by atoms with Crippen molar-refractivity contribution in [2.45, 2.75) is 69.8 Å². The Kier molecular flexibility index (Phi) is 9.51. The molecule has 3 atom stereocenters. The second kappa shape index (κ2) is 12.9. The van der Waals surface area contributed by atoms with E-state index in [2.05, 4.69) is 36.1 Å². The number of aromatic nitrogens is 2. The lowest BCUT2D eigenvalue weighted by atomic mass is 9.90. The summed E-state index contributed by atoms with van der Waals surface area (Å²) in [6.45, 7) is 2.93. The Hall–Kier alpha value is -3.68. The maximum atomic E-state index is 15.1. The summed E-state index contributed by atoms with van der Waals surface area (Å²) >= 11 is 0. The number of benzene rings is 1. The maximum Gasteiger partial charge on any atom is 0.421 e. The molecule has 1 saturated heterocycles. The molecule has 3 unspecified atom stereocenters. The minimum absolute atomic E-state index is 0.0263. The predicted octanol–water partition coefficient (Wildman–Crippen LogP) is 4.07. The number of methoxy groups -OCH3 is 1. The quantitative estimate of drug-likeness (QED) is 0.345. The van der Waals surface area contributed by atoms with Crippen LogP contribution in [0.3, 0.4) is 0 Å². The van der Waals surface area contributed by atoms with Crippen LogP contribution < -0.4 is 26.0 Å². The Morgan fingerprint density at radius 1 is 1.07 bits per heavy atom. The van der Waals surface area contributed by atoms with Crippen molar-refractivity contribution in [3.05, 3.63) is 35.3 Å². The third kappa shape index (κ3) is 7.75. The number of piperidine rings is 1. The molecule has 10 nitrogen and oxygen atoms in total. The molecular weight excluding hydrogens is 546 g/mol. The fourth-order valence-electron chi connectivity index (χ4n) is 5.33. The molecule has 1 aromatic carbocycles. The summed E-state index contributed by atoms with van der Waals surface area (Å²) in [4.78, 5) is 34.4. The molecule has 2 aromatic rings. The molecule has 1 aromatic heterocycles. The number of anilines is 3. The summed E-state index contributed by atoms with van der Waals surface area (Å²) in [6.07, 6.45) is 0.349. The first-order valence-electron chi connectivity index (χ1n) is 13.6. The number of halogens is 4. The Labute approximate surface area is 235 Å². The highest BCUT2D eigenvalue weighted by Crippen LogP contribution is 2.36. The summed E-state index contributed by atoms with van der Waals surface area (Å²) in [6, 6.07) is 1.28. The lowest BCUT2D eigenvalue weighted by Crippen LogP contribution is -2.48. The van der Waals surface area contributed by atoms with Gasteiger partial charge < -0.3 is 30.9 Å². The van der Waals surface area contributed by atoms with E-state index >= 15 is 4.39 Å². The number of hydrogen-bond donors (Lipinski definition) is 4. The number of hydrogen-bond acceptors (Lipinski definition) is 8. The van der Waals surface area contributed by atoms with E-state index in [4.69, 9.17) is 4.74 Å². The summed E-state index contributed by atoms with van der Waals surface area (Å²) in [5.41, 5.74) is -1.27. The number of nitrogens with one attached hydrogen (secondary N) is 4. The van der Waals surface area contributed by atoms with E-state index in [9.17, 15) is 22.8 Å². The zero-order valence-electron chi connectivity index (χ0n) is 23.2. The van der Waals surface area contributed by atoms with Gasteiger partial charge in [0, 0.05) is 43.9 Å². The van der Waals surface area contributed by atoms with Gasteiger partial charge in [-0.3, -0.25) is 9.59 Å². The standard InChI is InChI=1S/C27H35F4N7O3/c1-15(39)33-20-8-4-5-9-21(20)35-24-18(27(29,30)31)13-32-26(37-24)36-22-12-19(28)17(11-23(22)41-3)25(40)34-16-7-6-10-38(2)14-16/h11-13,16,20-21H,4-10,14H2,1-3H3,(H,33,39)(H,34,40)(H2,32,35,36,37). The van der Waals surface area contributed by atoms with Crippen molar-refractivity contribution in [3.8, 4) is 5.75 Å². The fourth-order valence-corrected chi connectivity index (χ4v) is 5.33. The van der Waals surface area contributed by atoms with Gasteiger partial charge in [-0.1, -0.05) is 12.8 Å². The van der Waals surface area contributed by atoms with E-state index < -0.39 is 35.3 Å². The zero-order valence-corrected chi connectivity index (χ0v) is 23.2. The van der Waals surface area contributed by atoms with Crippen LogP contribution in [0.1, 0.15) is 61.4 Å². The first-order valence-corrected chi connectivity index (χ1v) is 13.6. The van der Waals surface area contributed by atoms with Gasteiger partial charge in [-0.2, -0.15) is 18.2 Å². The summed E-state index contributed by atoms with van der Waals surface area (Å²) in [5.74, 6) is -2.35. The highest BCUT2D eigenvalue weighted by molar-refractivity contribution is 5.96. The molecule has 1 saturated carbocycles. The largest absolute Gasteiger partial charge is 0.495 e. The van der Waals surface area contributed by atoms with Crippen LogP contribution in [0.25, 0.3) is 0 Å². The third-order valence-electron chi connectivity index (χ3n) is 7.31. The molecule has 14 heteroatoms. The van der Waals surface area contributed by atoms with Crippen molar-refractivity contribution in [1.29, 1.82) is 0 Å². The smallest absolute Gasteiger partial charge is 0.421 e. The van der Waals surface area contributed by atoms with E-state index in [1.807, 2.05) is 7.05 Å². The third-order valence-corrected chi connectivity index (χ3v) is 7.31. The van der Waals surface area contributed by atoms with Gasteiger partial charge in [0.05, 0.1) is 18.4 Å². The molecule has 2 amide bonds. The van der Waals surface area contributed by atoms with Crippen LogP contribution in [0.4, 0.5) is 35.0 Å². The van der Waals surface area contributed by atoms with Gasteiger partial charge in [-0.15, -0.1) is 0 Å². The topological polar surface area (TPSA) is 121 Å². The number of carbonyl (C=O) groups excluding carboxylic acids is 2. The van der Waals surface area contributed by atoms with Gasteiger partial charge in [0.2, 0.25) is 11.9 Å². The van der Waals surface area contributed by atoms with Crippen molar-refractivity contribution >= 4 is 29.3 Å². The Balaban J connectivity index is 1.58. The van der Waals surface area contributed by atoms with Crippen molar-refractivity contribution < 1.29 is 31.9 Å². The van der Waals surface area contributed by atoms with Crippen LogP contribution in [0, 0.1) is 5.82 Å². The molecule has 1 aliphatic heterocycles. The SMILES string of the molecule is COc1cc(C(=O)NC2CCCN(C)C2)c(F)cc1Nc1ncc(C(F)(F)F)c(NC2CCCCC2NC(C)=O)n1. The maximum absolute atomic E-state index is 15.1. The van der Waals surface area contributed by atoms with Gasteiger partial charge in [0.15, 0.2) is 0 Å². The first-order chi connectivity index (χ1) is 19.4. The number of nitrogens with zero attached hydrogens (tertiary/aromatic N) is 3. The Bertz CT molecular complexity index is 1260. The number of alkyl halides is 3. The molecular formula is C27H35F4N7O3. The minimum Gasteiger partial charge on any atom is -0.495 e. The number of likely N-dealkylation sites (tertiary alicyclic amines) is 1. The van der Waals surface area contributed by atoms with Gasteiger partial charge >= 0.3 is 6.18 Å². The van der Waals surface area contributed by atoms with Gasteiger partial charge in [-0.25, -0.2) is 9.37 Å². The van der Waals surface area contributed by atoms with Crippen LogP contribution in [-0.2, 0) is 11.0 Å². The molecule has 0 spiro atoms. The normalized spacial score (nSPS) is 21.6. The average Bonchev–Trinajstić information content (AvgIpc) is 2.89. The molecule has 2 aliphatic rings. The van der Waals surface area contributed by atoms with Gasteiger partial charge in [-0.05, 0) is 45.3 Å². The van der Waals surface area contributed by atoms with Crippen LogP contribution in [0.5, 0.6) is 5.75 Å². The summed E-state index contributed by atoms with van der Waals surface area (Å²) in [5, 5.41) is 11.2. The first kappa shape index (κ1) is 30.3. The summed E-state index contributed by atoms with van der Waals surface area (Å²) < 4.78 is 61.9. The van der Waals surface area contributed by atoms with Crippen molar-refractivity contribution in [1.82, 2.24) is 25.5 Å². The highest BCUT2D eigenvalue weighted by atomic mass is 19.4. The molecule has 224 valence electrons. The number of ether oxygens (including phenoxy) is 1. The second-order valence-electron chi connectivity index (χ2n) is 10.5. The van der Waals surface area contributed by atoms with Crippen LogP contribution in [0.2, 0.25) is 0 Å². The minimum atomic E-state index is -4.75. The van der Waals surface area contributed by atoms with E-state index in [1.54, 1.807) is 0 Å². The summed E-state index contributed by atoms with van der Waals surface area (Å²) in [7, 11) is 3.27. The molecule has 0 bridgehead atoms. The number of likely N-dealkylation sites (N-methyl/N-ethyl adjacent to an activating group) is 1. The van der Waals surface area contributed by atoms with Crippen LogP contribution in [0.15, 0.2) is 18.3 Å². The van der Waals surface area contributed by atoms with E-state index in [1.165, 1.54) is 20.1 Å². The molecule has 1 aliphatic carbocycles. The van der Waals surface area contributed by atoms with Crippen molar-refractivity contribution in [2.75, 3.05) is 37.9 Å². The van der Waals surface area contributed by atoms with Crippen LogP contribution >= 0.6 is 0 Å². The van der Waals surface area contributed by atoms with Crippen molar-refractivity contribution in [2.24, 2.45) is 0 Å². The number of rotatable bonds is 8. The zero-order chi connectivity index (χ0) is 29.7. The molecule has 4 rings (SSSR count). The van der Waals surface area contributed by atoms with Gasteiger partial charge in [0.1, 0.15) is 22.9 Å².